The highest BCUT2D eigenvalue weighted by atomic mass is 16.7. The fraction of sp³-hybridized carbons (Fsp3) is 1.00. The number of ether oxygens (including phenoxy) is 6. The second-order valence-corrected chi connectivity index (χ2v) is 7.28. The fourth-order valence-corrected chi connectivity index (χ4v) is 2.81. The molecule has 2 aliphatic heterocycles. The Labute approximate surface area is 144 Å². The lowest BCUT2D eigenvalue weighted by molar-refractivity contribution is -0.282. The van der Waals surface area contributed by atoms with E-state index in [1.54, 1.807) is 0 Å². The second kappa shape index (κ2) is 8.89. The maximum atomic E-state index is 9.93. The predicted octanol–water partition coefficient (Wildman–Crippen LogP) is 1.46. The summed E-state index contributed by atoms with van der Waals surface area (Å²) < 4.78 is 33.5. The van der Waals surface area contributed by atoms with Gasteiger partial charge in [-0.3, -0.25) is 0 Å². The third-order valence-corrected chi connectivity index (χ3v) is 3.91. The molecule has 0 unspecified atom stereocenters. The van der Waals surface area contributed by atoms with Gasteiger partial charge >= 0.3 is 0 Å². The molecule has 0 amide bonds. The molecule has 0 aliphatic carbocycles. The smallest absolute Gasteiger partial charge is 0.163 e. The summed E-state index contributed by atoms with van der Waals surface area (Å²) in [5.74, 6) is -1.13. The van der Waals surface area contributed by atoms with Gasteiger partial charge in [-0.05, 0) is 40.5 Å². The van der Waals surface area contributed by atoms with Crippen LogP contribution in [0, 0.1) is 0 Å². The summed E-state index contributed by atoms with van der Waals surface area (Å²) in [5.41, 5.74) is 0. The zero-order valence-electron chi connectivity index (χ0n) is 15.3. The zero-order chi connectivity index (χ0) is 17.6. The average molecular weight is 348 g/mol. The lowest BCUT2D eigenvalue weighted by Gasteiger charge is -2.36. The highest BCUT2D eigenvalue weighted by Gasteiger charge is 2.30. The fourth-order valence-electron chi connectivity index (χ4n) is 2.81. The van der Waals surface area contributed by atoms with E-state index in [2.05, 4.69) is 0 Å². The van der Waals surface area contributed by atoms with Gasteiger partial charge in [-0.1, -0.05) is 0 Å². The highest BCUT2D eigenvalue weighted by molar-refractivity contribution is 4.70. The standard InChI is InChI=1S/C17H32O7/c1-16(2)21-7-5-14(23-16)11-19-9-13(18)10-20-12-15-6-8-22-17(3,4)24-15/h13-15,18H,5-12H2,1-4H3/t14-,15-/m1/s1. The largest absolute Gasteiger partial charge is 0.388 e. The van der Waals surface area contributed by atoms with E-state index in [9.17, 15) is 5.11 Å². The normalized spacial score (nSPS) is 29.8. The molecule has 142 valence electrons. The van der Waals surface area contributed by atoms with Gasteiger partial charge in [-0.25, -0.2) is 0 Å². The van der Waals surface area contributed by atoms with Gasteiger partial charge in [0.1, 0.15) is 6.10 Å². The van der Waals surface area contributed by atoms with Crippen molar-refractivity contribution >= 4 is 0 Å². The van der Waals surface area contributed by atoms with Crippen molar-refractivity contribution in [3.05, 3.63) is 0 Å². The van der Waals surface area contributed by atoms with Crippen LogP contribution in [0.5, 0.6) is 0 Å². The van der Waals surface area contributed by atoms with Crippen molar-refractivity contribution in [2.45, 2.75) is 70.4 Å². The van der Waals surface area contributed by atoms with Gasteiger partial charge < -0.3 is 33.5 Å². The maximum absolute atomic E-state index is 9.93. The molecule has 0 aromatic carbocycles. The topological polar surface area (TPSA) is 75.6 Å². The molecule has 2 saturated heterocycles. The van der Waals surface area contributed by atoms with Gasteiger partial charge in [0.25, 0.3) is 0 Å². The van der Waals surface area contributed by atoms with E-state index in [1.807, 2.05) is 27.7 Å². The summed E-state index contributed by atoms with van der Waals surface area (Å²) in [6.07, 6.45) is 0.935. The van der Waals surface area contributed by atoms with E-state index in [4.69, 9.17) is 28.4 Å². The van der Waals surface area contributed by atoms with Crippen LogP contribution in [-0.2, 0) is 28.4 Å². The Hall–Kier alpha value is -0.280. The Morgan fingerprint density at radius 3 is 1.67 bits per heavy atom. The molecule has 2 aliphatic rings. The number of aliphatic hydroxyl groups excluding tert-OH is 1. The molecule has 0 aromatic heterocycles. The van der Waals surface area contributed by atoms with Crippen molar-refractivity contribution in [2.24, 2.45) is 0 Å². The summed E-state index contributed by atoms with van der Waals surface area (Å²) in [5, 5.41) is 9.93. The van der Waals surface area contributed by atoms with Crippen LogP contribution in [0.25, 0.3) is 0 Å². The lowest BCUT2D eigenvalue weighted by atomic mass is 10.2. The van der Waals surface area contributed by atoms with E-state index in [0.29, 0.717) is 26.4 Å². The van der Waals surface area contributed by atoms with Crippen LogP contribution in [0.1, 0.15) is 40.5 Å². The molecule has 1 N–H and O–H groups in total. The first-order valence-corrected chi connectivity index (χ1v) is 8.73. The molecular weight excluding hydrogens is 316 g/mol. The molecule has 0 spiro atoms. The molecule has 7 nitrogen and oxygen atoms in total. The zero-order valence-corrected chi connectivity index (χ0v) is 15.3. The molecule has 0 aromatic rings. The van der Waals surface area contributed by atoms with Crippen molar-refractivity contribution in [1.82, 2.24) is 0 Å². The molecule has 24 heavy (non-hydrogen) atoms. The summed E-state index contributed by atoms with van der Waals surface area (Å²) >= 11 is 0. The summed E-state index contributed by atoms with van der Waals surface area (Å²) in [6, 6.07) is 0. The number of aliphatic hydroxyl groups is 1. The molecule has 2 rings (SSSR count). The van der Waals surface area contributed by atoms with Crippen molar-refractivity contribution < 1.29 is 33.5 Å². The minimum Gasteiger partial charge on any atom is -0.388 e. The van der Waals surface area contributed by atoms with Gasteiger partial charge in [-0.15, -0.1) is 0 Å². The van der Waals surface area contributed by atoms with Crippen LogP contribution in [0.4, 0.5) is 0 Å². The summed E-state index contributed by atoms with van der Waals surface area (Å²) in [6.45, 7) is 10.2. The van der Waals surface area contributed by atoms with Crippen molar-refractivity contribution in [1.29, 1.82) is 0 Å². The van der Waals surface area contributed by atoms with E-state index < -0.39 is 17.7 Å². The van der Waals surface area contributed by atoms with E-state index in [-0.39, 0.29) is 25.4 Å². The summed E-state index contributed by atoms with van der Waals surface area (Å²) in [4.78, 5) is 0. The average Bonchev–Trinajstić information content (AvgIpc) is 2.45. The van der Waals surface area contributed by atoms with Crippen LogP contribution in [0.15, 0.2) is 0 Å². The van der Waals surface area contributed by atoms with E-state index >= 15 is 0 Å². The molecule has 0 bridgehead atoms. The minimum atomic E-state index is -0.661. The molecule has 2 fully saturated rings. The third-order valence-electron chi connectivity index (χ3n) is 3.91. The predicted molar refractivity (Wildman–Crippen MR) is 86.7 cm³/mol. The molecular formula is C17H32O7. The van der Waals surface area contributed by atoms with E-state index in [0.717, 1.165) is 12.8 Å². The van der Waals surface area contributed by atoms with Gasteiger partial charge in [-0.2, -0.15) is 0 Å². The number of hydrogen-bond acceptors (Lipinski definition) is 7. The molecule has 7 heteroatoms. The Morgan fingerprint density at radius 2 is 1.29 bits per heavy atom. The molecule has 0 saturated carbocycles. The van der Waals surface area contributed by atoms with E-state index in [1.165, 1.54) is 0 Å². The first-order chi connectivity index (χ1) is 11.3. The second-order valence-electron chi connectivity index (χ2n) is 7.28. The Morgan fingerprint density at radius 1 is 0.875 bits per heavy atom. The van der Waals surface area contributed by atoms with Gasteiger partial charge in [0, 0.05) is 0 Å². The molecule has 2 heterocycles. The van der Waals surface area contributed by atoms with Gasteiger partial charge in [0.15, 0.2) is 11.6 Å². The SMILES string of the molecule is CC1(C)OCC[C@H](COCC(O)COC[C@H]2CCOC(C)(C)O2)O1. The van der Waals surface area contributed by atoms with Crippen LogP contribution < -0.4 is 0 Å². The molecule has 2 atom stereocenters. The summed E-state index contributed by atoms with van der Waals surface area (Å²) in [7, 11) is 0. The van der Waals surface area contributed by atoms with Crippen LogP contribution >= 0.6 is 0 Å². The van der Waals surface area contributed by atoms with Crippen molar-refractivity contribution in [2.75, 3.05) is 39.6 Å². The van der Waals surface area contributed by atoms with Crippen molar-refractivity contribution in [3.8, 4) is 0 Å². The first-order valence-electron chi connectivity index (χ1n) is 8.73. The molecule has 0 radical (unpaired) electrons. The number of rotatable bonds is 8. The Bertz CT molecular complexity index is 338. The van der Waals surface area contributed by atoms with Crippen LogP contribution in [0.3, 0.4) is 0 Å². The van der Waals surface area contributed by atoms with Gasteiger partial charge in [0.05, 0.1) is 51.8 Å². The lowest BCUT2D eigenvalue weighted by Crippen LogP contribution is -2.42. The monoisotopic (exact) mass is 348 g/mol. The van der Waals surface area contributed by atoms with Crippen LogP contribution in [0.2, 0.25) is 0 Å². The maximum Gasteiger partial charge on any atom is 0.163 e. The first kappa shape index (κ1) is 20.0. The Balaban J connectivity index is 1.53. The van der Waals surface area contributed by atoms with Gasteiger partial charge in [0.2, 0.25) is 0 Å². The van der Waals surface area contributed by atoms with Crippen LogP contribution in [-0.4, -0.2) is 74.6 Å². The highest BCUT2D eigenvalue weighted by Crippen LogP contribution is 2.23. The minimum absolute atomic E-state index is 0.000242. The third kappa shape index (κ3) is 7.31. The van der Waals surface area contributed by atoms with Crippen molar-refractivity contribution in [3.63, 3.8) is 0 Å². The quantitative estimate of drug-likeness (QED) is 0.712. The number of hydrogen-bond donors (Lipinski definition) is 1. The Kier molecular flexibility index (Phi) is 7.42.